The van der Waals surface area contributed by atoms with Gasteiger partial charge in [0.25, 0.3) is 0 Å². The Bertz CT molecular complexity index is 258. The number of rotatable bonds is 2. The number of amides is 1. The number of carbonyl (C=O) groups excluding carboxylic acids is 2. The van der Waals surface area contributed by atoms with Crippen LogP contribution in [0.15, 0.2) is 0 Å². The van der Waals surface area contributed by atoms with Gasteiger partial charge < -0.3 is 9.64 Å². The molecule has 0 bridgehead atoms. The first-order valence-corrected chi connectivity index (χ1v) is 4.83. The molecule has 0 aliphatic carbocycles. The highest BCUT2D eigenvalue weighted by molar-refractivity contribution is 5.88. The molecule has 0 N–H and O–H groups in total. The number of hydrogen-bond acceptors (Lipinski definition) is 3. The summed E-state index contributed by atoms with van der Waals surface area (Å²) >= 11 is 0. The standard InChI is InChI=1S/C10H17NO3/c1-5-11-8(12)6-7(9(13)14-4)10(11,2)3/h7H,5-6H2,1-4H3. The zero-order valence-electron chi connectivity index (χ0n) is 9.16. The number of hydrogen-bond donors (Lipinski definition) is 0. The molecule has 0 aromatic carbocycles. The average Bonchev–Trinajstić information content (AvgIpc) is 2.35. The number of carbonyl (C=O) groups is 2. The normalized spacial score (nSPS) is 25.3. The van der Waals surface area contributed by atoms with E-state index in [0.717, 1.165) is 0 Å². The predicted molar refractivity (Wildman–Crippen MR) is 51.6 cm³/mol. The van der Waals surface area contributed by atoms with Crippen LogP contribution >= 0.6 is 0 Å². The summed E-state index contributed by atoms with van der Waals surface area (Å²) in [5.41, 5.74) is -0.418. The lowest BCUT2D eigenvalue weighted by Gasteiger charge is -2.33. The maximum Gasteiger partial charge on any atom is 0.311 e. The van der Waals surface area contributed by atoms with E-state index in [9.17, 15) is 9.59 Å². The van der Waals surface area contributed by atoms with E-state index in [-0.39, 0.29) is 24.2 Å². The van der Waals surface area contributed by atoms with Crippen molar-refractivity contribution in [3.8, 4) is 0 Å². The molecule has 0 aromatic heterocycles. The SMILES string of the molecule is CCN1C(=O)CC(C(=O)OC)C1(C)C. The average molecular weight is 199 g/mol. The van der Waals surface area contributed by atoms with Crippen LogP contribution in [0.5, 0.6) is 0 Å². The van der Waals surface area contributed by atoms with Crippen LogP contribution in [-0.4, -0.2) is 36.0 Å². The number of likely N-dealkylation sites (tertiary alicyclic amines) is 1. The zero-order chi connectivity index (χ0) is 10.9. The molecule has 1 heterocycles. The monoisotopic (exact) mass is 199 g/mol. The molecule has 1 aliphatic heterocycles. The van der Waals surface area contributed by atoms with Gasteiger partial charge in [0.05, 0.1) is 18.6 Å². The zero-order valence-corrected chi connectivity index (χ0v) is 9.16. The second kappa shape index (κ2) is 3.59. The minimum atomic E-state index is -0.418. The molecule has 0 spiro atoms. The van der Waals surface area contributed by atoms with Gasteiger partial charge in [-0.1, -0.05) is 0 Å². The lowest BCUT2D eigenvalue weighted by molar-refractivity contribution is -0.147. The third kappa shape index (κ3) is 1.49. The fourth-order valence-corrected chi connectivity index (χ4v) is 2.14. The van der Waals surface area contributed by atoms with Crippen LogP contribution in [-0.2, 0) is 14.3 Å². The molecule has 1 amide bonds. The Morgan fingerprint density at radius 2 is 2.21 bits per heavy atom. The smallest absolute Gasteiger partial charge is 0.311 e. The lowest BCUT2D eigenvalue weighted by atomic mass is 9.88. The second-order valence-corrected chi connectivity index (χ2v) is 4.07. The Hall–Kier alpha value is -1.06. The molecule has 0 saturated carbocycles. The van der Waals surface area contributed by atoms with Gasteiger partial charge in [-0.3, -0.25) is 9.59 Å². The van der Waals surface area contributed by atoms with Gasteiger partial charge in [-0.15, -0.1) is 0 Å². The highest BCUT2D eigenvalue weighted by Crippen LogP contribution is 2.35. The van der Waals surface area contributed by atoms with Crippen molar-refractivity contribution in [2.45, 2.75) is 32.7 Å². The van der Waals surface area contributed by atoms with Crippen molar-refractivity contribution in [3.05, 3.63) is 0 Å². The summed E-state index contributed by atoms with van der Waals surface area (Å²) in [5, 5.41) is 0. The number of ether oxygens (including phenoxy) is 1. The first-order valence-electron chi connectivity index (χ1n) is 4.83. The van der Waals surface area contributed by atoms with Gasteiger partial charge in [-0.25, -0.2) is 0 Å². The Morgan fingerprint density at radius 3 is 2.57 bits per heavy atom. The van der Waals surface area contributed by atoms with Crippen molar-refractivity contribution in [2.75, 3.05) is 13.7 Å². The Kier molecular flexibility index (Phi) is 2.83. The Morgan fingerprint density at radius 1 is 1.64 bits per heavy atom. The summed E-state index contributed by atoms with van der Waals surface area (Å²) in [7, 11) is 1.36. The van der Waals surface area contributed by atoms with Crippen LogP contribution in [0, 0.1) is 5.92 Å². The summed E-state index contributed by atoms with van der Waals surface area (Å²) in [6.45, 7) is 6.37. The largest absolute Gasteiger partial charge is 0.469 e. The summed E-state index contributed by atoms with van der Waals surface area (Å²) in [4.78, 5) is 24.7. The van der Waals surface area contributed by atoms with Crippen LogP contribution in [0.4, 0.5) is 0 Å². The molecule has 0 aromatic rings. The second-order valence-electron chi connectivity index (χ2n) is 4.07. The van der Waals surface area contributed by atoms with Crippen LogP contribution < -0.4 is 0 Å². The number of esters is 1. The minimum absolute atomic E-state index is 0.0351. The Labute approximate surface area is 84.2 Å². The van der Waals surface area contributed by atoms with Crippen LogP contribution in [0.3, 0.4) is 0 Å². The summed E-state index contributed by atoms with van der Waals surface area (Å²) < 4.78 is 4.69. The van der Waals surface area contributed by atoms with Crippen LogP contribution in [0.2, 0.25) is 0 Å². The molecule has 1 unspecified atom stereocenters. The Balaban J connectivity index is 2.92. The molecular formula is C10H17NO3. The van der Waals surface area contributed by atoms with Crippen molar-refractivity contribution in [1.29, 1.82) is 0 Å². The third-order valence-electron chi connectivity index (χ3n) is 3.03. The van der Waals surface area contributed by atoms with Gasteiger partial charge in [0.2, 0.25) is 5.91 Å². The summed E-state index contributed by atoms with van der Waals surface area (Å²) in [5.74, 6) is -0.591. The molecule has 1 atom stereocenters. The maximum absolute atomic E-state index is 11.6. The minimum Gasteiger partial charge on any atom is -0.469 e. The molecule has 80 valence electrons. The highest BCUT2D eigenvalue weighted by Gasteiger charge is 2.49. The maximum atomic E-state index is 11.6. The van der Waals surface area contributed by atoms with Crippen molar-refractivity contribution < 1.29 is 14.3 Å². The molecule has 4 nitrogen and oxygen atoms in total. The summed E-state index contributed by atoms with van der Waals surface area (Å²) in [6, 6.07) is 0. The van der Waals surface area contributed by atoms with E-state index in [2.05, 4.69) is 0 Å². The van der Waals surface area contributed by atoms with E-state index in [0.29, 0.717) is 6.54 Å². The van der Waals surface area contributed by atoms with E-state index < -0.39 is 5.54 Å². The van der Waals surface area contributed by atoms with E-state index in [1.165, 1.54) is 7.11 Å². The van der Waals surface area contributed by atoms with Crippen LogP contribution in [0.1, 0.15) is 27.2 Å². The van der Waals surface area contributed by atoms with Crippen molar-refractivity contribution in [1.82, 2.24) is 4.90 Å². The molecule has 4 heteroatoms. The van der Waals surface area contributed by atoms with Crippen LogP contribution in [0.25, 0.3) is 0 Å². The van der Waals surface area contributed by atoms with Gasteiger partial charge in [-0.05, 0) is 20.8 Å². The van der Waals surface area contributed by atoms with E-state index in [1.807, 2.05) is 20.8 Å². The van der Waals surface area contributed by atoms with E-state index in [4.69, 9.17) is 4.74 Å². The first-order chi connectivity index (χ1) is 6.45. The predicted octanol–water partition coefficient (Wildman–Crippen LogP) is 0.806. The van der Waals surface area contributed by atoms with Gasteiger partial charge in [0.1, 0.15) is 0 Å². The fourth-order valence-electron chi connectivity index (χ4n) is 2.14. The first kappa shape index (κ1) is 11.0. The van der Waals surface area contributed by atoms with E-state index in [1.54, 1.807) is 4.90 Å². The van der Waals surface area contributed by atoms with Crippen molar-refractivity contribution in [3.63, 3.8) is 0 Å². The molecule has 1 fully saturated rings. The fraction of sp³-hybridized carbons (Fsp3) is 0.800. The van der Waals surface area contributed by atoms with Gasteiger partial charge in [0.15, 0.2) is 0 Å². The van der Waals surface area contributed by atoms with E-state index >= 15 is 0 Å². The molecule has 0 radical (unpaired) electrons. The molecule has 1 aliphatic rings. The molecule has 1 saturated heterocycles. The quantitative estimate of drug-likeness (QED) is 0.618. The topological polar surface area (TPSA) is 46.6 Å². The third-order valence-corrected chi connectivity index (χ3v) is 3.03. The van der Waals surface area contributed by atoms with Crippen molar-refractivity contribution in [2.24, 2.45) is 5.92 Å². The van der Waals surface area contributed by atoms with Crippen molar-refractivity contribution >= 4 is 11.9 Å². The molecule has 14 heavy (non-hydrogen) atoms. The molecular weight excluding hydrogens is 182 g/mol. The summed E-state index contributed by atoms with van der Waals surface area (Å²) in [6.07, 6.45) is 0.271. The number of nitrogens with zero attached hydrogens (tertiary/aromatic N) is 1. The number of methoxy groups -OCH3 is 1. The lowest BCUT2D eigenvalue weighted by Crippen LogP contribution is -2.46. The van der Waals surface area contributed by atoms with Gasteiger partial charge >= 0.3 is 5.97 Å². The van der Waals surface area contributed by atoms with Gasteiger partial charge in [-0.2, -0.15) is 0 Å². The highest BCUT2D eigenvalue weighted by atomic mass is 16.5. The van der Waals surface area contributed by atoms with Gasteiger partial charge in [0, 0.05) is 13.0 Å². The molecule has 1 rings (SSSR count).